The Morgan fingerprint density at radius 3 is 0.940 bits per heavy atom. The number of benzene rings is 2. The Balaban J connectivity index is -0.000000105. The van der Waals surface area contributed by atoms with Crippen molar-refractivity contribution in [1.29, 1.82) is 0 Å². The number of hydrogen-bond acceptors (Lipinski definition) is 3. The molecule has 84 heavy (non-hydrogen) atoms. The maximum Gasteiger partial charge on any atom is 0 e. The number of allylic oxidation sites excluding steroid dienone is 4. The van der Waals surface area contributed by atoms with Gasteiger partial charge in [-0.2, -0.15) is 37.0 Å². The van der Waals surface area contributed by atoms with Crippen molar-refractivity contribution in [1.82, 2.24) is 0 Å². The predicted molar refractivity (Wildman–Crippen MR) is 357 cm³/mol. The Labute approximate surface area is 653 Å². The predicted octanol–water partition coefficient (Wildman–Crippen LogP) is 24.2. The molecule has 5 saturated carbocycles. The van der Waals surface area contributed by atoms with Crippen molar-refractivity contribution in [3.05, 3.63) is 93.1 Å². The zero-order valence-corrected chi connectivity index (χ0v) is 74.2. The van der Waals surface area contributed by atoms with Crippen LogP contribution in [-0.4, -0.2) is 18.9 Å². The Bertz CT molecular complexity index is 1570. The molecular weight excluding hydrogens is 1410 g/mol. The van der Waals surface area contributed by atoms with Gasteiger partial charge in [-0.1, -0.05) is 335 Å². The van der Waals surface area contributed by atoms with Crippen LogP contribution in [0.25, 0.3) is 10.8 Å². The molecule has 0 spiro atoms. The van der Waals surface area contributed by atoms with Crippen LogP contribution in [0.3, 0.4) is 0 Å². The fraction of sp³-hybridized carbons (Fsp3) is 0.737. The van der Waals surface area contributed by atoms with E-state index in [4.69, 9.17) is 0 Å². The summed E-state index contributed by atoms with van der Waals surface area (Å²) in [7, 11) is 0. The summed E-state index contributed by atoms with van der Waals surface area (Å²) in [5, 5.41) is 2.62. The molecule has 6 aliphatic rings. The van der Waals surface area contributed by atoms with E-state index in [2.05, 4.69) is 266 Å². The van der Waals surface area contributed by atoms with Gasteiger partial charge in [-0.15, -0.1) is 5.92 Å². The quantitative estimate of drug-likeness (QED) is 0.280. The van der Waals surface area contributed by atoms with E-state index in [1.807, 2.05) is 12.6 Å². The molecule has 477 valence electrons. The molecule has 0 aliphatic heterocycles. The summed E-state index contributed by atoms with van der Waals surface area (Å²) < 4.78 is 0. The zero-order valence-electron chi connectivity index (χ0n) is 60.0. The molecule has 0 heterocycles. The maximum absolute atomic E-state index is 10.2. The van der Waals surface area contributed by atoms with Gasteiger partial charge in [-0.25, -0.2) is 0 Å². The normalized spacial score (nSPS) is 21.1. The summed E-state index contributed by atoms with van der Waals surface area (Å²) >= 11 is 0. The monoisotopic (exact) mass is 1540 g/mol. The summed E-state index contributed by atoms with van der Waals surface area (Å²) in [4.78, 5) is 30.1. The van der Waals surface area contributed by atoms with E-state index in [9.17, 15) is 14.4 Å². The summed E-state index contributed by atoms with van der Waals surface area (Å²) in [6, 6.07) is 16.7. The molecular formula is C76H134O3Y5-6. The molecule has 0 saturated heterocycles. The number of carbonyl (C=O) groups excluding carboxylic acids is 3. The Morgan fingerprint density at radius 1 is 0.417 bits per heavy atom. The van der Waals surface area contributed by atoms with Gasteiger partial charge in [0, 0.05) is 164 Å². The topological polar surface area (TPSA) is 51.2 Å². The fourth-order valence-corrected chi connectivity index (χ4v) is 7.80. The fourth-order valence-electron chi connectivity index (χ4n) is 7.80. The second-order valence-electron chi connectivity index (χ2n) is 32.5. The molecule has 0 amide bonds. The van der Waals surface area contributed by atoms with Gasteiger partial charge < -0.3 is 34.7 Å². The Kier molecular flexibility index (Phi) is 76.1. The molecule has 2 aromatic carbocycles. The SMILES string of the molecule is C1=CC2CCCC2C=C1.C1CCCC1.CC(C)(C)C.CC(C)(C)C.CC(C)(C)C.CC(C)(C)C.CC(C)(C)C.CC(C)(C)C.O=[C-]CC1[CH-]CCC1.[CH2-]C1CCCC1[C-]=O.[CH2-]CC1CCCC1[C-]=O.[Y].[Y].[Y].[Y].[Y].c1ccc2ccccc2c1. The van der Waals surface area contributed by atoms with Crippen LogP contribution in [0.1, 0.15) is 288 Å². The van der Waals surface area contributed by atoms with Crippen molar-refractivity contribution >= 4 is 29.6 Å². The van der Waals surface area contributed by atoms with Gasteiger partial charge >= 0.3 is 0 Å². The molecule has 0 aromatic heterocycles. The van der Waals surface area contributed by atoms with Crippen molar-refractivity contribution in [2.45, 2.75) is 288 Å². The van der Waals surface area contributed by atoms with Crippen molar-refractivity contribution in [2.24, 2.45) is 73.9 Å². The number of fused-ring (bicyclic) bond motifs is 2. The van der Waals surface area contributed by atoms with Gasteiger partial charge in [0.2, 0.25) is 0 Å². The Morgan fingerprint density at radius 2 is 0.714 bits per heavy atom. The molecule has 5 radical (unpaired) electrons. The van der Waals surface area contributed by atoms with Gasteiger partial charge in [0.25, 0.3) is 0 Å². The average Bonchev–Trinajstić information content (AvgIpc) is 4.16. The first-order valence-electron chi connectivity index (χ1n) is 31.4. The van der Waals surface area contributed by atoms with E-state index in [0.717, 1.165) is 43.9 Å². The third-order valence-corrected chi connectivity index (χ3v) is 11.0. The molecule has 3 nitrogen and oxygen atoms in total. The molecule has 0 N–H and O–H groups in total. The van der Waals surface area contributed by atoms with Crippen LogP contribution in [0.15, 0.2) is 72.8 Å². The van der Waals surface area contributed by atoms with E-state index >= 15 is 0 Å². The molecule has 5 fully saturated rings. The minimum Gasteiger partial charge on any atom is -0.542 e. The van der Waals surface area contributed by atoms with Crippen molar-refractivity contribution in [3.63, 3.8) is 0 Å². The second kappa shape index (κ2) is 60.6. The van der Waals surface area contributed by atoms with E-state index in [1.54, 1.807) is 0 Å². The van der Waals surface area contributed by atoms with E-state index < -0.39 is 0 Å². The minimum atomic E-state index is 0. The molecule has 8 heteroatoms. The van der Waals surface area contributed by atoms with Gasteiger partial charge in [0.15, 0.2) is 0 Å². The zero-order chi connectivity index (χ0) is 61.9. The molecule has 0 bridgehead atoms. The van der Waals surface area contributed by atoms with Gasteiger partial charge in [0.05, 0.1) is 0 Å². The van der Waals surface area contributed by atoms with Crippen LogP contribution in [-0.2, 0) is 178 Å². The molecule has 2 aromatic rings. The molecule has 6 aliphatic carbocycles. The smallest absolute Gasteiger partial charge is 0 e. The number of hydrogen-bond donors (Lipinski definition) is 0. The van der Waals surface area contributed by atoms with Crippen LogP contribution in [0.5, 0.6) is 0 Å². The van der Waals surface area contributed by atoms with Crippen LogP contribution >= 0.6 is 0 Å². The summed E-state index contributed by atoms with van der Waals surface area (Å²) in [5.41, 5.74) is 3.00. The molecule has 7 atom stereocenters. The van der Waals surface area contributed by atoms with Crippen LogP contribution < -0.4 is 0 Å². The average molecular weight is 1540 g/mol. The molecule has 7 unspecified atom stereocenters. The largest absolute Gasteiger partial charge is 0.542 e. The Hall–Kier alpha value is 2.71. The molecule has 8 rings (SSSR count). The first-order valence-corrected chi connectivity index (χ1v) is 31.4. The van der Waals surface area contributed by atoms with Crippen LogP contribution in [0, 0.1) is 94.2 Å². The van der Waals surface area contributed by atoms with Crippen LogP contribution in [0.4, 0.5) is 0 Å². The van der Waals surface area contributed by atoms with Crippen molar-refractivity contribution < 1.29 is 178 Å². The minimum absolute atomic E-state index is 0. The number of rotatable bonds is 5. The van der Waals surface area contributed by atoms with Crippen molar-refractivity contribution in [2.75, 3.05) is 0 Å². The first kappa shape index (κ1) is 105. The maximum atomic E-state index is 10.2. The van der Waals surface area contributed by atoms with Gasteiger partial charge in [-0.3, -0.25) is 18.9 Å². The van der Waals surface area contributed by atoms with Gasteiger partial charge in [-0.05, 0) is 67.9 Å². The van der Waals surface area contributed by atoms with E-state index in [1.165, 1.54) is 94.2 Å². The second-order valence-corrected chi connectivity index (χ2v) is 32.5. The third kappa shape index (κ3) is 95.8. The summed E-state index contributed by atoms with van der Waals surface area (Å²) in [6.45, 7) is 60.1. The summed E-state index contributed by atoms with van der Waals surface area (Å²) in [5.74, 6) is 3.62. The first-order chi connectivity index (χ1) is 36.1. The van der Waals surface area contributed by atoms with Crippen molar-refractivity contribution in [3.8, 4) is 0 Å². The van der Waals surface area contributed by atoms with Crippen LogP contribution in [0.2, 0.25) is 0 Å². The third-order valence-electron chi connectivity index (χ3n) is 11.0. The standard InChI is InChI=1S/C10H8.C9H12.C8H12O.2C7H10O.C5H10.6C5H12.5Y/c1-2-6-10-8-4-3-7-9(10)5-1;1-2-5-9-7-3-6-8(9)4-1;1-2-7-4-3-5-8(7)6-9;1-6-3-2-4-7(6)5-8;8-6-5-7-3-1-2-4-7;1-2-4-5-3-1;6*1-5(2,3)4;;;;;/h1-8H;1-2,4-5,8-9H,3,6-7H2;7-8H,1-5H2;6-7H,1-4H2;3,7H,1-2,4-5H2;1-5H2;6*1-4H3;;;;;/q;;3*-2;;;;;;;;;;;;. The van der Waals surface area contributed by atoms with Gasteiger partial charge in [0.1, 0.15) is 0 Å². The van der Waals surface area contributed by atoms with E-state index in [0.29, 0.717) is 56.7 Å². The van der Waals surface area contributed by atoms with E-state index in [-0.39, 0.29) is 175 Å². The summed E-state index contributed by atoms with van der Waals surface area (Å²) in [6.07, 6.45) is 41.0.